The number of amides is 1. The second-order valence-corrected chi connectivity index (χ2v) is 8.26. The molecule has 170 valence electrons. The molecule has 3 aromatic rings. The molecule has 6 heteroatoms. The molecule has 1 aliphatic carbocycles. The van der Waals surface area contributed by atoms with Crippen LogP contribution in [0.2, 0.25) is 0 Å². The van der Waals surface area contributed by atoms with E-state index < -0.39 is 18.1 Å². The van der Waals surface area contributed by atoms with Gasteiger partial charge in [-0.2, -0.15) is 0 Å². The summed E-state index contributed by atoms with van der Waals surface area (Å²) in [4.78, 5) is 26.2. The molecule has 0 fully saturated rings. The normalized spacial score (nSPS) is 13.0. The molecule has 3 aromatic carbocycles. The maximum Gasteiger partial charge on any atom is 0.407 e. The minimum Gasteiger partial charge on any atom is -0.480 e. The SMILES string of the molecule is CN(CCC[C@H](NC(=O)OCC1c2ccccc2-c2ccccc21)C(=O)O)c1ccccc1. The Morgan fingerprint density at radius 3 is 2.12 bits per heavy atom. The van der Waals surface area contributed by atoms with E-state index in [4.69, 9.17) is 4.74 Å². The molecule has 0 saturated carbocycles. The lowest BCUT2D eigenvalue weighted by molar-refractivity contribution is -0.139. The summed E-state index contributed by atoms with van der Waals surface area (Å²) in [6, 6.07) is 25.1. The number of hydrogen-bond acceptors (Lipinski definition) is 4. The summed E-state index contributed by atoms with van der Waals surface area (Å²) in [5.74, 6) is -1.13. The molecule has 2 N–H and O–H groups in total. The zero-order valence-electron chi connectivity index (χ0n) is 18.6. The summed E-state index contributed by atoms with van der Waals surface area (Å²) in [6.45, 7) is 0.836. The van der Waals surface area contributed by atoms with Gasteiger partial charge in [-0.3, -0.25) is 0 Å². The van der Waals surface area contributed by atoms with E-state index in [2.05, 4.69) is 22.3 Å². The maximum absolute atomic E-state index is 12.5. The number of benzene rings is 3. The van der Waals surface area contributed by atoms with Crippen molar-refractivity contribution in [3.63, 3.8) is 0 Å². The highest BCUT2D eigenvalue weighted by atomic mass is 16.5. The van der Waals surface area contributed by atoms with E-state index in [1.165, 1.54) is 0 Å². The van der Waals surface area contributed by atoms with Crippen LogP contribution in [0.5, 0.6) is 0 Å². The zero-order valence-corrected chi connectivity index (χ0v) is 18.6. The van der Waals surface area contributed by atoms with Gasteiger partial charge in [0.1, 0.15) is 12.6 Å². The van der Waals surface area contributed by atoms with Crippen LogP contribution in [0.4, 0.5) is 10.5 Å². The number of carbonyl (C=O) groups is 2. The Hall–Kier alpha value is -3.80. The molecule has 0 bridgehead atoms. The quantitative estimate of drug-likeness (QED) is 0.491. The fourth-order valence-electron chi connectivity index (χ4n) is 4.38. The molecular formula is C27H28N2O4. The van der Waals surface area contributed by atoms with Crippen LogP contribution in [0.3, 0.4) is 0 Å². The Morgan fingerprint density at radius 1 is 0.939 bits per heavy atom. The minimum absolute atomic E-state index is 0.0639. The predicted molar refractivity (Wildman–Crippen MR) is 129 cm³/mol. The van der Waals surface area contributed by atoms with E-state index in [-0.39, 0.29) is 12.5 Å². The van der Waals surface area contributed by atoms with Crippen LogP contribution in [0.1, 0.15) is 29.9 Å². The Morgan fingerprint density at radius 2 is 1.52 bits per heavy atom. The molecular weight excluding hydrogens is 416 g/mol. The molecule has 1 amide bonds. The third-order valence-electron chi connectivity index (χ3n) is 6.12. The highest BCUT2D eigenvalue weighted by Crippen LogP contribution is 2.44. The van der Waals surface area contributed by atoms with E-state index in [1.807, 2.05) is 73.8 Å². The first kappa shape index (κ1) is 22.4. The molecule has 1 aliphatic rings. The maximum atomic E-state index is 12.5. The Labute approximate surface area is 193 Å². The molecule has 33 heavy (non-hydrogen) atoms. The molecule has 0 aromatic heterocycles. The van der Waals surface area contributed by atoms with Crippen molar-refractivity contribution in [2.24, 2.45) is 0 Å². The van der Waals surface area contributed by atoms with Gasteiger partial charge in [0.2, 0.25) is 0 Å². The van der Waals surface area contributed by atoms with Gasteiger partial charge < -0.3 is 20.1 Å². The lowest BCUT2D eigenvalue weighted by Crippen LogP contribution is -2.41. The molecule has 4 rings (SSSR count). The fraction of sp³-hybridized carbons (Fsp3) is 0.259. The average molecular weight is 445 g/mol. The first-order valence-electron chi connectivity index (χ1n) is 11.1. The van der Waals surface area contributed by atoms with Gasteiger partial charge in [0.25, 0.3) is 0 Å². The smallest absolute Gasteiger partial charge is 0.407 e. The highest BCUT2D eigenvalue weighted by Gasteiger charge is 2.29. The molecule has 0 aliphatic heterocycles. The number of carbonyl (C=O) groups excluding carboxylic acids is 1. The van der Waals surface area contributed by atoms with Gasteiger partial charge in [0, 0.05) is 25.2 Å². The van der Waals surface area contributed by atoms with E-state index in [9.17, 15) is 14.7 Å². The first-order valence-corrected chi connectivity index (χ1v) is 11.1. The van der Waals surface area contributed by atoms with Gasteiger partial charge >= 0.3 is 12.1 Å². The average Bonchev–Trinajstić information content (AvgIpc) is 3.16. The van der Waals surface area contributed by atoms with Crippen LogP contribution in [0.25, 0.3) is 11.1 Å². The van der Waals surface area contributed by atoms with Gasteiger partial charge in [-0.1, -0.05) is 66.7 Å². The van der Waals surface area contributed by atoms with Crippen molar-refractivity contribution in [2.75, 3.05) is 25.1 Å². The van der Waals surface area contributed by atoms with Crippen LogP contribution in [-0.2, 0) is 9.53 Å². The number of nitrogens with one attached hydrogen (secondary N) is 1. The molecule has 0 unspecified atom stereocenters. The summed E-state index contributed by atoms with van der Waals surface area (Å²) in [7, 11) is 1.96. The van der Waals surface area contributed by atoms with Gasteiger partial charge in [0.05, 0.1) is 0 Å². The van der Waals surface area contributed by atoms with E-state index in [0.717, 1.165) is 27.9 Å². The Kier molecular flexibility index (Phi) is 6.93. The van der Waals surface area contributed by atoms with Crippen LogP contribution in [0.15, 0.2) is 78.9 Å². The predicted octanol–water partition coefficient (Wildman–Crippen LogP) is 4.89. The lowest BCUT2D eigenvalue weighted by atomic mass is 9.98. The van der Waals surface area contributed by atoms with Crippen LogP contribution < -0.4 is 10.2 Å². The number of nitrogens with zero attached hydrogens (tertiary/aromatic N) is 1. The number of hydrogen-bond donors (Lipinski definition) is 2. The van der Waals surface area contributed by atoms with Crippen molar-refractivity contribution in [2.45, 2.75) is 24.8 Å². The number of para-hydroxylation sites is 1. The van der Waals surface area contributed by atoms with Crippen molar-refractivity contribution >= 4 is 17.7 Å². The standard InChI is InChI=1S/C27H28N2O4/c1-29(19-10-3-2-4-11-19)17-9-16-25(26(30)31)28-27(32)33-18-24-22-14-7-5-12-20(22)21-13-6-8-15-23(21)24/h2-8,10-15,24-25H,9,16-18H2,1H3,(H,28,32)(H,30,31)/t25-/m0/s1. The molecule has 1 atom stereocenters. The Balaban J connectivity index is 1.31. The van der Waals surface area contributed by atoms with E-state index in [1.54, 1.807) is 0 Å². The molecule has 6 nitrogen and oxygen atoms in total. The Bertz CT molecular complexity index is 1070. The van der Waals surface area contributed by atoms with E-state index in [0.29, 0.717) is 19.4 Å². The second kappa shape index (κ2) is 10.2. The van der Waals surface area contributed by atoms with Gasteiger partial charge in [-0.15, -0.1) is 0 Å². The monoisotopic (exact) mass is 444 g/mol. The summed E-state index contributed by atoms with van der Waals surface area (Å²) < 4.78 is 5.49. The number of anilines is 1. The van der Waals surface area contributed by atoms with Gasteiger partial charge in [0.15, 0.2) is 0 Å². The minimum atomic E-state index is -1.06. The molecule has 0 saturated heterocycles. The fourth-order valence-corrected chi connectivity index (χ4v) is 4.38. The summed E-state index contributed by atoms with van der Waals surface area (Å²) in [5, 5.41) is 12.1. The summed E-state index contributed by atoms with van der Waals surface area (Å²) >= 11 is 0. The molecule has 0 radical (unpaired) electrons. The van der Waals surface area contributed by atoms with Crippen molar-refractivity contribution < 1.29 is 19.4 Å². The number of carboxylic acids is 1. The summed E-state index contributed by atoms with van der Waals surface area (Å²) in [6.07, 6.45) is 0.226. The van der Waals surface area contributed by atoms with Crippen molar-refractivity contribution in [3.8, 4) is 11.1 Å². The van der Waals surface area contributed by atoms with Gasteiger partial charge in [-0.05, 0) is 47.2 Å². The highest BCUT2D eigenvalue weighted by molar-refractivity contribution is 5.81. The second-order valence-electron chi connectivity index (χ2n) is 8.26. The van der Waals surface area contributed by atoms with Gasteiger partial charge in [-0.25, -0.2) is 9.59 Å². The molecule has 0 spiro atoms. The lowest BCUT2D eigenvalue weighted by Gasteiger charge is -2.21. The summed E-state index contributed by atoms with van der Waals surface area (Å²) in [5.41, 5.74) is 5.59. The molecule has 0 heterocycles. The largest absolute Gasteiger partial charge is 0.480 e. The number of aliphatic carboxylic acids is 1. The van der Waals surface area contributed by atoms with Crippen LogP contribution in [-0.4, -0.2) is 43.4 Å². The number of ether oxygens (including phenoxy) is 1. The van der Waals surface area contributed by atoms with Crippen molar-refractivity contribution in [3.05, 3.63) is 90.0 Å². The number of rotatable bonds is 9. The van der Waals surface area contributed by atoms with Crippen LogP contribution >= 0.6 is 0 Å². The number of fused-ring (bicyclic) bond motifs is 3. The third-order valence-corrected chi connectivity index (χ3v) is 6.12. The van der Waals surface area contributed by atoms with Crippen molar-refractivity contribution in [1.29, 1.82) is 0 Å². The third kappa shape index (κ3) is 5.17. The first-order chi connectivity index (χ1) is 16.0. The van der Waals surface area contributed by atoms with Crippen LogP contribution in [0, 0.1) is 0 Å². The van der Waals surface area contributed by atoms with E-state index >= 15 is 0 Å². The number of alkyl carbamates (subject to hydrolysis) is 1. The number of carboxylic acid groups (broad SMARTS) is 1. The van der Waals surface area contributed by atoms with Crippen molar-refractivity contribution in [1.82, 2.24) is 5.32 Å². The topological polar surface area (TPSA) is 78.9 Å². The zero-order chi connectivity index (χ0) is 23.2.